The quantitative estimate of drug-likeness (QED) is 0.666. The molecule has 0 aliphatic rings. The lowest BCUT2D eigenvalue weighted by atomic mass is 10.1. The van der Waals surface area contributed by atoms with E-state index >= 15 is 0 Å². The fourth-order valence-electron chi connectivity index (χ4n) is 1.56. The largest absolute Gasteiger partial charge is 0.489 e. The molecular formula is C13H14ClN3O. The zero-order valence-corrected chi connectivity index (χ0v) is 10.6. The van der Waals surface area contributed by atoms with E-state index in [2.05, 4.69) is 22.1 Å². The summed E-state index contributed by atoms with van der Waals surface area (Å²) in [6, 6.07) is 10.3. The second-order valence-corrected chi connectivity index (χ2v) is 4.18. The molecule has 4 nitrogen and oxygen atoms in total. The molecule has 0 atom stereocenters. The molecule has 0 radical (unpaired) electrons. The number of aryl methyl sites for hydroxylation is 1. The molecule has 0 unspecified atom stereocenters. The van der Waals surface area contributed by atoms with Crippen molar-refractivity contribution in [2.45, 2.75) is 12.8 Å². The minimum atomic E-state index is 0.150. The summed E-state index contributed by atoms with van der Waals surface area (Å²) >= 11 is 5.87. The van der Waals surface area contributed by atoms with Crippen LogP contribution in [-0.4, -0.2) is 16.6 Å². The summed E-state index contributed by atoms with van der Waals surface area (Å²) in [5, 5.41) is 0.252. The van der Waals surface area contributed by atoms with Gasteiger partial charge in [0.1, 0.15) is 0 Å². The first-order valence-electron chi connectivity index (χ1n) is 5.70. The van der Waals surface area contributed by atoms with Crippen molar-refractivity contribution in [3.8, 4) is 5.75 Å². The third-order valence-electron chi connectivity index (χ3n) is 2.44. The Morgan fingerprint density at radius 1 is 1.22 bits per heavy atom. The molecule has 5 heteroatoms. The highest BCUT2D eigenvalue weighted by Crippen LogP contribution is 2.21. The molecule has 94 valence electrons. The van der Waals surface area contributed by atoms with Crippen molar-refractivity contribution < 1.29 is 4.74 Å². The molecule has 0 amide bonds. The molecule has 0 saturated carbocycles. The number of nitrogen functional groups attached to an aromatic ring is 1. The molecule has 18 heavy (non-hydrogen) atoms. The van der Waals surface area contributed by atoms with Crippen molar-refractivity contribution >= 4 is 17.5 Å². The van der Waals surface area contributed by atoms with E-state index in [0.29, 0.717) is 12.4 Å². The van der Waals surface area contributed by atoms with E-state index in [-0.39, 0.29) is 11.1 Å². The minimum Gasteiger partial charge on any atom is -0.489 e. The van der Waals surface area contributed by atoms with Crippen molar-refractivity contribution in [3.05, 3.63) is 47.2 Å². The number of rotatable bonds is 5. The van der Waals surface area contributed by atoms with Gasteiger partial charge in [-0.3, -0.25) is 0 Å². The van der Waals surface area contributed by atoms with E-state index in [4.69, 9.17) is 22.1 Å². The van der Waals surface area contributed by atoms with Crippen LogP contribution >= 0.6 is 11.6 Å². The van der Waals surface area contributed by atoms with E-state index in [1.807, 2.05) is 18.2 Å². The fourth-order valence-corrected chi connectivity index (χ4v) is 1.75. The van der Waals surface area contributed by atoms with Gasteiger partial charge >= 0.3 is 0 Å². The van der Waals surface area contributed by atoms with Crippen LogP contribution in [0.3, 0.4) is 0 Å². The first-order valence-corrected chi connectivity index (χ1v) is 6.08. The Labute approximate surface area is 111 Å². The van der Waals surface area contributed by atoms with Crippen LogP contribution < -0.4 is 10.5 Å². The highest BCUT2D eigenvalue weighted by atomic mass is 35.5. The Hall–Kier alpha value is -1.81. The Kier molecular flexibility index (Phi) is 4.36. The molecule has 0 aliphatic carbocycles. The minimum absolute atomic E-state index is 0.150. The van der Waals surface area contributed by atoms with Gasteiger partial charge in [-0.15, -0.1) is 0 Å². The molecule has 0 bridgehead atoms. The lowest BCUT2D eigenvalue weighted by Gasteiger charge is -2.07. The van der Waals surface area contributed by atoms with Crippen molar-refractivity contribution in [3.63, 3.8) is 0 Å². The third kappa shape index (κ3) is 3.60. The van der Waals surface area contributed by atoms with Gasteiger partial charge in [0, 0.05) is 0 Å². The van der Waals surface area contributed by atoms with Crippen LogP contribution in [-0.2, 0) is 6.42 Å². The van der Waals surface area contributed by atoms with Crippen molar-refractivity contribution in [2.24, 2.45) is 0 Å². The van der Waals surface area contributed by atoms with Gasteiger partial charge in [-0.05, 0) is 18.4 Å². The highest BCUT2D eigenvalue weighted by Gasteiger charge is 2.04. The van der Waals surface area contributed by atoms with Crippen molar-refractivity contribution in [2.75, 3.05) is 12.3 Å². The molecule has 2 rings (SSSR count). The molecule has 0 spiro atoms. The maximum Gasteiger partial charge on any atom is 0.221 e. The van der Waals surface area contributed by atoms with E-state index in [0.717, 1.165) is 12.8 Å². The summed E-state index contributed by atoms with van der Waals surface area (Å²) in [5.74, 6) is 0.621. The Bertz CT molecular complexity index is 505. The number of benzene rings is 1. The molecule has 0 saturated heterocycles. The van der Waals surface area contributed by atoms with Crippen LogP contribution in [0.4, 0.5) is 5.95 Å². The average Bonchev–Trinajstić information content (AvgIpc) is 2.38. The van der Waals surface area contributed by atoms with Crippen LogP contribution in [0, 0.1) is 0 Å². The molecular weight excluding hydrogens is 250 g/mol. The van der Waals surface area contributed by atoms with E-state index in [1.54, 1.807) is 0 Å². The number of ether oxygens (including phenoxy) is 1. The van der Waals surface area contributed by atoms with Crippen LogP contribution in [0.15, 0.2) is 36.5 Å². The third-order valence-corrected chi connectivity index (χ3v) is 2.71. The van der Waals surface area contributed by atoms with Crippen LogP contribution in [0.25, 0.3) is 0 Å². The van der Waals surface area contributed by atoms with Gasteiger partial charge in [-0.1, -0.05) is 41.9 Å². The number of halogens is 1. The van der Waals surface area contributed by atoms with Gasteiger partial charge < -0.3 is 10.5 Å². The fraction of sp³-hybridized carbons (Fsp3) is 0.231. The van der Waals surface area contributed by atoms with Gasteiger partial charge in [0.05, 0.1) is 12.8 Å². The smallest absolute Gasteiger partial charge is 0.221 e. The second kappa shape index (κ2) is 6.21. The monoisotopic (exact) mass is 263 g/mol. The van der Waals surface area contributed by atoms with Crippen LogP contribution in [0.5, 0.6) is 5.75 Å². The standard InChI is InChI=1S/C13H14ClN3O/c14-12-11(9-16-13(15)17-12)18-8-4-7-10-5-2-1-3-6-10/h1-3,5-6,9H,4,7-8H2,(H2,15,16,17). The number of hydrogen-bond donors (Lipinski definition) is 1. The predicted octanol–water partition coefficient (Wildman–Crippen LogP) is 2.72. The summed E-state index contributed by atoms with van der Waals surface area (Å²) in [5.41, 5.74) is 6.69. The topological polar surface area (TPSA) is 61.0 Å². The van der Waals surface area contributed by atoms with E-state index < -0.39 is 0 Å². The van der Waals surface area contributed by atoms with Gasteiger partial charge in [-0.25, -0.2) is 4.98 Å². The van der Waals surface area contributed by atoms with E-state index in [1.165, 1.54) is 11.8 Å². The zero-order chi connectivity index (χ0) is 12.8. The van der Waals surface area contributed by atoms with E-state index in [9.17, 15) is 0 Å². The first kappa shape index (κ1) is 12.6. The maximum absolute atomic E-state index is 5.87. The summed E-state index contributed by atoms with van der Waals surface area (Å²) < 4.78 is 5.50. The van der Waals surface area contributed by atoms with Crippen molar-refractivity contribution in [1.82, 2.24) is 9.97 Å². The van der Waals surface area contributed by atoms with Crippen molar-refractivity contribution in [1.29, 1.82) is 0 Å². The first-order chi connectivity index (χ1) is 8.75. The molecule has 1 heterocycles. The lowest BCUT2D eigenvalue weighted by molar-refractivity contribution is 0.309. The average molecular weight is 264 g/mol. The number of nitrogens with two attached hydrogens (primary N) is 1. The number of anilines is 1. The summed E-state index contributed by atoms with van der Waals surface area (Å²) in [6.45, 7) is 0.571. The second-order valence-electron chi connectivity index (χ2n) is 3.82. The normalized spacial score (nSPS) is 10.3. The Morgan fingerprint density at radius 2 is 2.00 bits per heavy atom. The SMILES string of the molecule is Nc1ncc(OCCCc2ccccc2)c(Cl)n1. The zero-order valence-electron chi connectivity index (χ0n) is 9.84. The van der Waals surface area contributed by atoms with Crippen LogP contribution in [0.1, 0.15) is 12.0 Å². The van der Waals surface area contributed by atoms with Crippen LogP contribution in [0.2, 0.25) is 5.15 Å². The molecule has 0 aliphatic heterocycles. The number of aromatic nitrogens is 2. The molecule has 1 aromatic heterocycles. The number of hydrogen-bond acceptors (Lipinski definition) is 4. The van der Waals surface area contributed by atoms with Gasteiger partial charge in [-0.2, -0.15) is 4.98 Å². The summed E-state index contributed by atoms with van der Waals surface area (Å²) in [7, 11) is 0. The molecule has 0 fully saturated rings. The Morgan fingerprint density at radius 3 is 2.72 bits per heavy atom. The van der Waals surface area contributed by atoms with Gasteiger partial charge in [0.25, 0.3) is 0 Å². The summed E-state index contributed by atoms with van der Waals surface area (Å²) in [6.07, 6.45) is 3.37. The highest BCUT2D eigenvalue weighted by molar-refractivity contribution is 6.30. The molecule has 2 N–H and O–H groups in total. The maximum atomic E-state index is 5.87. The lowest BCUT2D eigenvalue weighted by Crippen LogP contribution is -2.02. The van der Waals surface area contributed by atoms with Gasteiger partial charge in [0.15, 0.2) is 10.9 Å². The summed E-state index contributed by atoms with van der Waals surface area (Å²) in [4.78, 5) is 7.65. The Balaban J connectivity index is 1.79. The van der Waals surface area contributed by atoms with Gasteiger partial charge in [0.2, 0.25) is 5.95 Å². The molecule has 1 aromatic carbocycles. The predicted molar refractivity (Wildman–Crippen MR) is 71.7 cm³/mol. The molecule has 2 aromatic rings. The number of nitrogens with zero attached hydrogens (tertiary/aromatic N) is 2.